The third-order valence-electron chi connectivity index (χ3n) is 2.54. The Balaban J connectivity index is 2.25. The Hall–Kier alpha value is -0.0900. The Bertz CT molecular complexity index is 259. The molecule has 0 bridgehead atoms. The van der Waals surface area contributed by atoms with Gasteiger partial charge in [0, 0.05) is 0 Å². The molecule has 1 atom stereocenters. The van der Waals surface area contributed by atoms with Crippen LogP contribution in [0.2, 0.25) is 0 Å². The van der Waals surface area contributed by atoms with Crippen molar-refractivity contribution in [3.8, 4) is 0 Å². The molecule has 0 aromatic heterocycles. The summed E-state index contributed by atoms with van der Waals surface area (Å²) in [6.45, 7) is 6.16. The van der Waals surface area contributed by atoms with Crippen molar-refractivity contribution in [3.63, 3.8) is 0 Å². The van der Waals surface area contributed by atoms with Crippen molar-refractivity contribution in [2.24, 2.45) is 11.8 Å². The zero-order valence-corrected chi connectivity index (χ0v) is 9.94. The fraction of sp³-hybridized carbons (Fsp3) is 1.00. The topological polar surface area (TPSA) is 46.2 Å². The van der Waals surface area contributed by atoms with Gasteiger partial charge in [-0.3, -0.25) is 0 Å². The normalized spacial score (nSPS) is 26.6. The zero-order chi connectivity index (χ0) is 10.6. The monoisotopic (exact) mass is 219 g/mol. The van der Waals surface area contributed by atoms with Gasteiger partial charge in [0.15, 0.2) is 9.84 Å². The molecule has 1 rings (SSSR count). The number of hydrogen-bond donors (Lipinski definition) is 1. The van der Waals surface area contributed by atoms with Crippen LogP contribution < -0.4 is 5.32 Å². The van der Waals surface area contributed by atoms with Crippen LogP contribution in [0.4, 0.5) is 0 Å². The molecule has 1 unspecified atom stereocenters. The Morgan fingerprint density at radius 2 is 2.14 bits per heavy atom. The average Bonchev–Trinajstić information content (AvgIpc) is 2.01. The number of rotatable bonds is 4. The van der Waals surface area contributed by atoms with E-state index < -0.39 is 9.84 Å². The molecule has 1 fully saturated rings. The SMILES string of the molecule is CC(C)CNCC1CCCS(=O)(=O)C1. The van der Waals surface area contributed by atoms with Crippen LogP contribution in [-0.4, -0.2) is 33.0 Å². The molecule has 14 heavy (non-hydrogen) atoms. The molecule has 3 nitrogen and oxygen atoms in total. The molecule has 1 aliphatic rings. The Morgan fingerprint density at radius 3 is 2.71 bits per heavy atom. The predicted molar refractivity (Wildman–Crippen MR) is 59.1 cm³/mol. The lowest BCUT2D eigenvalue weighted by Crippen LogP contribution is -2.34. The highest BCUT2D eigenvalue weighted by molar-refractivity contribution is 7.91. The van der Waals surface area contributed by atoms with E-state index in [1.807, 2.05) is 0 Å². The van der Waals surface area contributed by atoms with E-state index in [9.17, 15) is 8.42 Å². The Morgan fingerprint density at radius 1 is 1.43 bits per heavy atom. The van der Waals surface area contributed by atoms with E-state index in [1.54, 1.807) is 0 Å². The van der Waals surface area contributed by atoms with Crippen molar-refractivity contribution >= 4 is 9.84 Å². The maximum atomic E-state index is 11.3. The van der Waals surface area contributed by atoms with Crippen LogP contribution in [0.1, 0.15) is 26.7 Å². The van der Waals surface area contributed by atoms with E-state index in [0.717, 1.165) is 25.9 Å². The molecule has 1 N–H and O–H groups in total. The fourth-order valence-electron chi connectivity index (χ4n) is 1.85. The van der Waals surface area contributed by atoms with E-state index in [4.69, 9.17) is 0 Å². The highest BCUT2D eigenvalue weighted by Gasteiger charge is 2.24. The second-order valence-electron chi connectivity index (χ2n) is 4.67. The summed E-state index contributed by atoms with van der Waals surface area (Å²) in [6, 6.07) is 0. The maximum Gasteiger partial charge on any atom is 0.150 e. The van der Waals surface area contributed by atoms with Crippen LogP contribution in [-0.2, 0) is 9.84 Å². The highest BCUT2D eigenvalue weighted by Crippen LogP contribution is 2.17. The molecule has 0 aromatic carbocycles. The molecule has 0 aliphatic carbocycles. The summed E-state index contributed by atoms with van der Waals surface area (Å²) in [7, 11) is -2.72. The van der Waals surface area contributed by atoms with Gasteiger partial charge in [0.2, 0.25) is 0 Å². The van der Waals surface area contributed by atoms with Crippen LogP contribution in [0.25, 0.3) is 0 Å². The van der Waals surface area contributed by atoms with Crippen molar-refractivity contribution < 1.29 is 8.42 Å². The van der Waals surface area contributed by atoms with Crippen LogP contribution in [0.15, 0.2) is 0 Å². The van der Waals surface area contributed by atoms with Crippen molar-refractivity contribution in [1.82, 2.24) is 5.32 Å². The summed E-state index contributed by atoms with van der Waals surface area (Å²) in [5, 5.41) is 3.33. The summed E-state index contributed by atoms with van der Waals surface area (Å²) in [6.07, 6.45) is 1.90. The molecule has 4 heteroatoms. The number of nitrogens with one attached hydrogen (secondary N) is 1. The lowest BCUT2D eigenvalue weighted by atomic mass is 10.1. The molecular weight excluding hydrogens is 198 g/mol. The van der Waals surface area contributed by atoms with E-state index in [-0.39, 0.29) is 0 Å². The molecule has 84 valence electrons. The molecule has 0 saturated carbocycles. The second-order valence-corrected chi connectivity index (χ2v) is 6.90. The van der Waals surface area contributed by atoms with Crippen LogP contribution in [0.3, 0.4) is 0 Å². The zero-order valence-electron chi connectivity index (χ0n) is 9.12. The first-order valence-corrected chi connectivity index (χ1v) is 7.23. The third kappa shape index (κ3) is 4.42. The molecule has 0 amide bonds. The number of hydrogen-bond acceptors (Lipinski definition) is 3. The molecule has 1 saturated heterocycles. The summed E-state index contributed by atoms with van der Waals surface area (Å²) in [5.41, 5.74) is 0. The van der Waals surface area contributed by atoms with Gasteiger partial charge in [-0.15, -0.1) is 0 Å². The molecule has 1 aliphatic heterocycles. The fourth-order valence-corrected chi connectivity index (χ4v) is 3.63. The van der Waals surface area contributed by atoms with Gasteiger partial charge in [-0.1, -0.05) is 13.8 Å². The van der Waals surface area contributed by atoms with Gasteiger partial charge < -0.3 is 5.32 Å². The molecule has 0 spiro atoms. The van der Waals surface area contributed by atoms with E-state index in [1.165, 1.54) is 0 Å². The second kappa shape index (κ2) is 5.12. The maximum absolute atomic E-state index is 11.3. The van der Waals surface area contributed by atoms with Gasteiger partial charge in [-0.25, -0.2) is 8.42 Å². The van der Waals surface area contributed by atoms with Gasteiger partial charge in [0.1, 0.15) is 0 Å². The molecule has 0 radical (unpaired) electrons. The predicted octanol–water partition coefficient (Wildman–Crippen LogP) is 1.06. The lowest BCUT2D eigenvalue weighted by Gasteiger charge is -2.22. The van der Waals surface area contributed by atoms with Gasteiger partial charge in [0.25, 0.3) is 0 Å². The van der Waals surface area contributed by atoms with Crippen molar-refractivity contribution in [3.05, 3.63) is 0 Å². The summed E-state index contributed by atoms with van der Waals surface area (Å²) in [4.78, 5) is 0. The molecule has 0 aromatic rings. The van der Waals surface area contributed by atoms with Crippen LogP contribution in [0.5, 0.6) is 0 Å². The van der Waals surface area contributed by atoms with E-state index >= 15 is 0 Å². The average molecular weight is 219 g/mol. The minimum Gasteiger partial charge on any atom is -0.316 e. The molecular formula is C10H21NO2S. The third-order valence-corrected chi connectivity index (χ3v) is 4.43. The first kappa shape index (κ1) is 12.0. The van der Waals surface area contributed by atoms with Crippen molar-refractivity contribution in [1.29, 1.82) is 0 Å². The van der Waals surface area contributed by atoms with Crippen molar-refractivity contribution in [2.75, 3.05) is 24.6 Å². The van der Waals surface area contributed by atoms with Gasteiger partial charge in [-0.2, -0.15) is 0 Å². The first-order chi connectivity index (χ1) is 6.49. The Labute approximate surface area is 87.2 Å². The standard InChI is InChI=1S/C10H21NO2S/c1-9(2)6-11-7-10-4-3-5-14(12,13)8-10/h9-11H,3-8H2,1-2H3. The largest absolute Gasteiger partial charge is 0.316 e. The van der Waals surface area contributed by atoms with E-state index in [0.29, 0.717) is 23.3 Å². The minimum absolute atomic E-state index is 0.340. The lowest BCUT2D eigenvalue weighted by molar-refractivity contribution is 0.435. The van der Waals surface area contributed by atoms with Crippen molar-refractivity contribution in [2.45, 2.75) is 26.7 Å². The summed E-state index contributed by atoms with van der Waals surface area (Å²) in [5.74, 6) is 1.76. The van der Waals surface area contributed by atoms with Crippen LogP contribution >= 0.6 is 0 Å². The summed E-state index contributed by atoms with van der Waals surface area (Å²) < 4.78 is 22.7. The van der Waals surface area contributed by atoms with Gasteiger partial charge in [0.05, 0.1) is 11.5 Å². The van der Waals surface area contributed by atoms with E-state index in [2.05, 4.69) is 19.2 Å². The first-order valence-electron chi connectivity index (χ1n) is 5.41. The molecule has 1 heterocycles. The quantitative estimate of drug-likeness (QED) is 0.769. The summed E-state index contributed by atoms with van der Waals surface area (Å²) >= 11 is 0. The Kier molecular flexibility index (Phi) is 4.38. The highest BCUT2D eigenvalue weighted by atomic mass is 32.2. The minimum atomic E-state index is -2.72. The smallest absolute Gasteiger partial charge is 0.150 e. The van der Waals surface area contributed by atoms with Gasteiger partial charge >= 0.3 is 0 Å². The number of sulfone groups is 1. The van der Waals surface area contributed by atoms with Crippen LogP contribution in [0, 0.1) is 11.8 Å². The van der Waals surface area contributed by atoms with Gasteiger partial charge in [-0.05, 0) is 37.8 Å².